The molecule has 17 heavy (non-hydrogen) atoms. The molecule has 3 fully saturated rings. The van der Waals surface area contributed by atoms with Crippen LogP contribution in [-0.4, -0.2) is 53.6 Å². The maximum absolute atomic E-state index is 12.3. The molecule has 3 rings (SSSR count). The number of nitrogens with one attached hydrogen (secondary N) is 1. The summed E-state index contributed by atoms with van der Waals surface area (Å²) in [6.45, 7) is 8.80. The average Bonchev–Trinajstić information content (AvgIpc) is 2.88. The molecule has 0 aromatic heterocycles. The number of amides is 1. The van der Waals surface area contributed by atoms with Gasteiger partial charge in [0, 0.05) is 13.1 Å². The van der Waals surface area contributed by atoms with E-state index in [9.17, 15) is 4.79 Å². The molecule has 4 heteroatoms. The summed E-state index contributed by atoms with van der Waals surface area (Å²) >= 11 is 0. The third kappa shape index (κ3) is 1.87. The Morgan fingerprint density at radius 1 is 1.47 bits per heavy atom. The quantitative estimate of drug-likeness (QED) is 0.782. The Hall–Kier alpha value is -0.610. The Bertz CT molecular complexity index is 327. The molecule has 2 heterocycles. The molecule has 0 radical (unpaired) electrons. The number of carbonyl (C=O) groups is 1. The Balaban J connectivity index is 1.60. The maximum atomic E-state index is 12.3. The zero-order valence-corrected chi connectivity index (χ0v) is 10.9. The van der Waals surface area contributed by atoms with Crippen molar-refractivity contribution in [2.45, 2.75) is 44.8 Å². The summed E-state index contributed by atoms with van der Waals surface area (Å²) in [5, 5.41) is 3.47. The predicted molar refractivity (Wildman–Crippen MR) is 66.5 cm³/mol. The molecule has 1 N–H and O–H groups in total. The van der Waals surface area contributed by atoms with E-state index in [0.717, 1.165) is 25.9 Å². The van der Waals surface area contributed by atoms with Crippen LogP contribution in [-0.2, 0) is 4.79 Å². The fraction of sp³-hybridized carbons (Fsp3) is 0.923. The largest absolute Gasteiger partial charge is 0.325 e. The van der Waals surface area contributed by atoms with Gasteiger partial charge in [-0.3, -0.25) is 10.1 Å². The van der Waals surface area contributed by atoms with Gasteiger partial charge in [-0.05, 0) is 45.2 Å². The van der Waals surface area contributed by atoms with E-state index < -0.39 is 0 Å². The van der Waals surface area contributed by atoms with Crippen molar-refractivity contribution in [1.82, 2.24) is 15.1 Å². The molecule has 0 aromatic rings. The van der Waals surface area contributed by atoms with Crippen molar-refractivity contribution >= 4 is 5.91 Å². The van der Waals surface area contributed by atoms with Crippen molar-refractivity contribution in [2.24, 2.45) is 5.92 Å². The minimum Gasteiger partial charge on any atom is -0.325 e. The fourth-order valence-electron chi connectivity index (χ4n) is 3.34. The standard InChI is InChI=1S/C13H23N3O/c1-3-15-7-4-11(8-15)9-16-10(2)14-13(5-6-13)12(16)17/h10-11,14H,3-9H2,1-2H3. The first kappa shape index (κ1) is 11.5. The number of carbonyl (C=O) groups excluding carboxylic acids is 1. The number of likely N-dealkylation sites (tertiary alicyclic amines) is 1. The first-order chi connectivity index (χ1) is 8.14. The second kappa shape index (κ2) is 3.95. The van der Waals surface area contributed by atoms with E-state index >= 15 is 0 Å². The monoisotopic (exact) mass is 237 g/mol. The van der Waals surface area contributed by atoms with Crippen LogP contribution in [0.25, 0.3) is 0 Å². The van der Waals surface area contributed by atoms with Crippen LogP contribution in [0.5, 0.6) is 0 Å². The van der Waals surface area contributed by atoms with Gasteiger partial charge in [0.25, 0.3) is 0 Å². The maximum Gasteiger partial charge on any atom is 0.244 e. The predicted octanol–water partition coefficient (Wildman–Crippen LogP) is 0.639. The number of nitrogens with zero attached hydrogens (tertiary/aromatic N) is 2. The fourth-order valence-corrected chi connectivity index (χ4v) is 3.34. The first-order valence-electron chi connectivity index (χ1n) is 6.96. The summed E-state index contributed by atoms with van der Waals surface area (Å²) in [5.74, 6) is 1.04. The molecular weight excluding hydrogens is 214 g/mol. The van der Waals surface area contributed by atoms with Gasteiger partial charge in [0.05, 0.1) is 11.7 Å². The van der Waals surface area contributed by atoms with E-state index in [0.29, 0.717) is 11.8 Å². The van der Waals surface area contributed by atoms with Gasteiger partial charge in [-0.25, -0.2) is 0 Å². The molecule has 2 unspecified atom stereocenters. The van der Waals surface area contributed by atoms with E-state index in [4.69, 9.17) is 0 Å². The van der Waals surface area contributed by atoms with Crippen LogP contribution in [0.3, 0.4) is 0 Å². The molecule has 0 aromatic carbocycles. The number of rotatable bonds is 3. The van der Waals surface area contributed by atoms with Crippen molar-refractivity contribution < 1.29 is 4.79 Å². The molecule has 96 valence electrons. The highest BCUT2D eigenvalue weighted by molar-refractivity contribution is 5.91. The minimum absolute atomic E-state index is 0.136. The molecular formula is C13H23N3O. The highest BCUT2D eigenvalue weighted by Crippen LogP contribution is 2.42. The molecule has 1 saturated carbocycles. The summed E-state index contributed by atoms with van der Waals surface area (Å²) in [6, 6.07) is 0. The smallest absolute Gasteiger partial charge is 0.244 e. The summed E-state index contributed by atoms with van der Waals surface area (Å²) < 4.78 is 0. The van der Waals surface area contributed by atoms with E-state index in [2.05, 4.69) is 29.0 Å². The van der Waals surface area contributed by atoms with E-state index in [-0.39, 0.29) is 11.7 Å². The molecule has 1 spiro atoms. The van der Waals surface area contributed by atoms with Gasteiger partial charge in [-0.1, -0.05) is 6.92 Å². The SMILES string of the molecule is CCN1CCC(CN2C(=O)C3(CC3)NC2C)C1. The molecule has 3 aliphatic rings. The van der Waals surface area contributed by atoms with Crippen LogP contribution in [0.2, 0.25) is 0 Å². The van der Waals surface area contributed by atoms with Crippen molar-refractivity contribution in [2.75, 3.05) is 26.2 Å². The third-order valence-corrected chi connectivity index (χ3v) is 4.65. The van der Waals surface area contributed by atoms with Gasteiger partial charge >= 0.3 is 0 Å². The molecule has 1 amide bonds. The van der Waals surface area contributed by atoms with Crippen molar-refractivity contribution in [3.63, 3.8) is 0 Å². The van der Waals surface area contributed by atoms with Crippen LogP contribution in [0, 0.1) is 5.92 Å². The van der Waals surface area contributed by atoms with Crippen LogP contribution >= 0.6 is 0 Å². The van der Waals surface area contributed by atoms with Crippen molar-refractivity contribution in [3.05, 3.63) is 0 Å². The lowest BCUT2D eigenvalue weighted by Gasteiger charge is -2.24. The molecule has 4 nitrogen and oxygen atoms in total. The minimum atomic E-state index is -0.136. The van der Waals surface area contributed by atoms with Crippen molar-refractivity contribution in [3.8, 4) is 0 Å². The van der Waals surface area contributed by atoms with E-state index in [1.165, 1.54) is 19.5 Å². The number of hydrogen-bond donors (Lipinski definition) is 1. The average molecular weight is 237 g/mol. The highest BCUT2D eigenvalue weighted by Gasteiger charge is 2.58. The Labute approximate surface area is 103 Å². The Morgan fingerprint density at radius 2 is 2.24 bits per heavy atom. The molecule has 2 aliphatic heterocycles. The molecule has 1 aliphatic carbocycles. The first-order valence-corrected chi connectivity index (χ1v) is 6.96. The van der Waals surface area contributed by atoms with Crippen molar-refractivity contribution in [1.29, 1.82) is 0 Å². The van der Waals surface area contributed by atoms with Crippen LogP contribution in [0.4, 0.5) is 0 Å². The summed E-state index contributed by atoms with van der Waals surface area (Å²) in [5.41, 5.74) is -0.136. The zero-order chi connectivity index (χ0) is 12.0. The summed E-state index contributed by atoms with van der Waals surface area (Å²) in [6.07, 6.45) is 3.56. The lowest BCUT2D eigenvalue weighted by Crippen LogP contribution is -2.39. The van der Waals surface area contributed by atoms with Gasteiger partial charge < -0.3 is 9.80 Å². The Kier molecular flexibility index (Phi) is 2.67. The molecule has 2 saturated heterocycles. The van der Waals surface area contributed by atoms with E-state index in [1.807, 2.05) is 0 Å². The summed E-state index contributed by atoms with van der Waals surface area (Å²) in [7, 11) is 0. The van der Waals surface area contributed by atoms with Gasteiger partial charge in [0.2, 0.25) is 5.91 Å². The van der Waals surface area contributed by atoms with Crippen LogP contribution < -0.4 is 5.32 Å². The van der Waals surface area contributed by atoms with Crippen LogP contribution in [0.1, 0.15) is 33.1 Å². The third-order valence-electron chi connectivity index (χ3n) is 4.65. The number of hydrogen-bond acceptors (Lipinski definition) is 3. The topological polar surface area (TPSA) is 35.6 Å². The molecule has 0 bridgehead atoms. The van der Waals surface area contributed by atoms with Gasteiger partial charge in [0.1, 0.15) is 0 Å². The second-order valence-electron chi connectivity index (χ2n) is 5.91. The normalized spacial score (nSPS) is 36.1. The molecule has 2 atom stereocenters. The highest BCUT2D eigenvalue weighted by atomic mass is 16.2. The second-order valence-corrected chi connectivity index (χ2v) is 5.91. The lowest BCUT2D eigenvalue weighted by molar-refractivity contribution is -0.131. The van der Waals surface area contributed by atoms with Gasteiger partial charge in [-0.15, -0.1) is 0 Å². The van der Waals surface area contributed by atoms with Gasteiger partial charge in [0.15, 0.2) is 0 Å². The van der Waals surface area contributed by atoms with Crippen LogP contribution in [0.15, 0.2) is 0 Å². The zero-order valence-electron chi connectivity index (χ0n) is 10.9. The van der Waals surface area contributed by atoms with Gasteiger partial charge in [-0.2, -0.15) is 0 Å². The van der Waals surface area contributed by atoms with E-state index in [1.54, 1.807) is 0 Å². The lowest BCUT2D eigenvalue weighted by atomic mass is 10.1. The summed E-state index contributed by atoms with van der Waals surface area (Å²) in [4.78, 5) is 16.9. The Morgan fingerprint density at radius 3 is 2.76 bits per heavy atom.